The highest BCUT2D eigenvalue weighted by Gasteiger charge is 2.45. The lowest BCUT2D eigenvalue weighted by molar-refractivity contribution is -0.140. The van der Waals surface area contributed by atoms with Crippen LogP contribution in [0.15, 0.2) is 11.4 Å². The van der Waals surface area contributed by atoms with Crippen molar-refractivity contribution in [2.75, 3.05) is 6.54 Å². The summed E-state index contributed by atoms with van der Waals surface area (Å²) in [4.78, 5) is 16.8. The molecule has 108 valence electrons. The van der Waals surface area contributed by atoms with E-state index >= 15 is 0 Å². The van der Waals surface area contributed by atoms with Gasteiger partial charge in [0.05, 0.1) is 10.4 Å². The van der Waals surface area contributed by atoms with Crippen LogP contribution in [0.25, 0.3) is 0 Å². The SMILES string of the molecule is NC(=S)C1(C(=O)N2CCc3sccc3C2)CCCCC1. The molecule has 1 fully saturated rings. The van der Waals surface area contributed by atoms with Crippen molar-refractivity contribution in [3.63, 3.8) is 0 Å². The van der Waals surface area contributed by atoms with Gasteiger partial charge in [0.1, 0.15) is 0 Å². The van der Waals surface area contributed by atoms with Gasteiger partial charge in [-0.2, -0.15) is 0 Å². The third-order valence-electron chi connectivity index (χ3n) is 4.68. The Morgan fingerprint density at radius 3 is 2.80 bits per heavy atom. The van der Waals surface area contributed by atoms with Crippen LogP contribution in [-0.4, -0.2) is 22.3 Å². The van der Waals surface area contributed by atoms with E-state index in [1.165, 1.54) is 16.9 Å². The Morgan fingerprint density at radius 1 is 1.35 bits per heavy atom. The molecule has 0 atom stereocenters. The maximum absolute atomic E-state index is 13.0. The number of amides is 1. The van der Waals surface area contributed by atoms with Gasteiger partial charge in [0.2, 0.25) is 5.91 Å². The number of hydrogen-bond acceptors (Lipinski definition) is 3. The molecule has 2 N–H and O–H groups in total. The van der Waals surface area contributed by atoms with E-state index in [1.807, 2.05) is 4.90 Å². The summed E-state index contributed by atoms with van der Waals surface area (Å²) in [5.41, 5.74) is 6.70. The van der Waals surface area contributed by atoms with Gasteiger partial charge in [0, 0.05) is 18.0 Å². The number of nitrogens with zero attached hydrogens (tertiary/aromatic N) is 1. The van der Waals surface area contributed by atoms with Gasteiger partial charge >= 0.3 is 0 Å². The normalized spacial score (nSPS) is 21.3. The highest BCUT2D eigenvalue weighted by atomic mass is 32.1. The second-order valence-electron chi connectivity index (χ2n) is 5.85. The third kappa shape index (κ3) is 2.27. The Morgan fingerprint density at radius 2 is 2.10 bits per heavy atom. The standard InChI is InChI=1S/C15H20N2OS2/c16-13(19)15(6-2-1-3-7-15)14(18)17-8-4-12-11(10-17)5-9-20-12/h5,9H,1-4,6-8,10H2,(H2,16,19). The second kappa shape index (κ2) is 5.45. The van der Waals surface area contributed by atoms with Crippen LogP contribution in [0.4, 0.5) is 0 Å². The maximum atomic E-state index is 13.0. The van der Waals surface area contributed by atoms with Gasteiger partial charge < -0.3 is 10.6 Å². The van der Waals surface area contributed by atoms with E-state index in [9.17, 15) is 4.79 Å². The highest BCUT2D eigenvalue weighted by Crippen LogP contribution is 2.39. The van der Waals surface area contributed by atoms with Gasteiger partial charge in [-0.05, 0) is 36.3 Å². The molecule has 0 spiro atoms. The molecule has 3 nitrogen and oxygen atoms in total. The number of carbonyl (C=O) groups is 1. The molecule has 1 aromatic heterocycles. The molecule has 0 saturated heterocycles. The number of hydrogen-bond donors (Lipinski definition) is 1. The molecular formula is C15H20N2OS2. The van der Waals surface area contributed by atoms with Gasteiger partial charge in [-0.1, -0.05) is 31.5 Å². The molecule has 0 bridgehead atoms. The zero-order chi connectivity index (χ0) is 14.2. The van der Waals surface area contributed by atoms with E-state index in [1.54, 1.807) is 11.3 Å². The van der Waals surface area contributed by atoms with Crippen molar-refractivity contribution in [1.29, 1.82) is 0 Å². The van der Waals surface area contributed by atoms with Crippen molar-refractivity contribution in [2.45, 2.75) is 45.1 Å². The van der Waals surface area contributed by atoms with Crippen LogP contribution in [0.2, 0.25) is 0 Å². The predicted molar refractivity (Wildman–Crippen MR) is 85.7 cm³/mol. The Hall–Kier alpha value is -0.940. The molecule has 1 amide bonds. The molecule has 0 unspecified atom stereocenters. The number of rotatable bonds is 2. The van der Waals surface area contributed by atoms with Crippen molar-refractivity contribution in [2.24, 2.45) is 11.1 Å². The van der Waals surface area contributed by atoms with E-state index in [-0.39, 0.29) is 5.91 Å². The van der Waals surface area contributed by atoms with Crippen LogP contribution in [0.5, 0.6) is 0 Å². The summed E-state index contributed by atoms with van der Waals surface area (Å²) in [5.74, 6) is 0.168. The lowest BCUT2D eigenvalue weighted by atomic mass is 9.72. The van der Waals surface area contributed by atoms with E-state index in [2.05, 4.69) is 11.4 Å². The first kappa shape index (κ1) is 14.0. The van der Waals surface area contributed by atoms with E-state index in [0.29, 0.717) is 4.99 Å². The predicted octanol–water partition coefficient (Wildman–Crippen LogP) is 2.87. The molecule has 2 heterocycles. The van der Waals surface area contributed by atoms with Crippen LogP contribution >= 0.6 is 23.6 Å². The first-order valence-electron chi connectivity index (χ1n) is 7.28. The van der Waals surface area contributed by atoms with Crippen molar-refractivity contribution < 1.29 is 4.79 Å². The molecule has 1 aliphatic carbocycles. The largest absolute Gasteiger partial charge is 0.392 e. The van der Waals surface area contributed by atoms with Crippen LogP contribution < -0.4 is 5.73 Å². The summed E-state index contributed by atoms with van der Waals surface area (Å²) in [6, 6.07) is 2.13. The molecule has 20 heavy (non-hydrogen) atoms. The Labute approximate surface area is 129 Å². The number of nitrogens with two attached hydrogens (primary N) is 1. The van der Waals surface area contributed by atoms with Crippen LogP contribution in [0, 0.1) is 5.41 Å². The first-order valence-corrected chi connectivity index (χ1v) is 8.57. The molecule has 0 aromatic carbocycles. The summed E-state index contributed by atoms with van der Waals surface area (Å²) >= 11 is 7.06. The number of fused-ring (bicyclic) bond motifs is 1. The van der Waals surface area contributed by atoms with Crippen molar-refractivity contribution in [1.82, 2.24) is 4.90 Å². The molecular weight excluding hydrogens is 288 g/mol. The molecule has 1 aromatic rings. The Bertz CT molecular complexity index is 532. The van der Waals surface area contributed by atoms with Gasteiger partial charge in [0.15, 0.2) is 0 Å². The van der Waals surface area contributed by atoms with Gasteiger partial charge in [-0.15, -0.1) is 11.3 Å². The first-order chi connectivity index (χ1) is 9.63. The number of thiophene rings is 1. The van der Waals surface area contributed by atoms with Gasteiger partial charge in [-0.3, -0.25) is 4.79 Å². The zero-order valence-corrected chi connectivity index (χ0v) is 13.2. The minimum absolute atomic E-state index is 0.168. The number of carbonyl (C=O) groups excluding carboxylic acids is 1. The summed E-state index contributed by atoms with van der Waals surface area (Å²) in [5, 5.41) is 2.11. The Kier molecular flexibility index (Phi) is 3.82. The number of thiocarbonyl (C=S) groups is 1. The summed E-state index contributed by atoms with van der Waals surface area (Å²) in [6.07, 6.45) is 5.92. The molecule has 0 radical (unpaired) electrons. The van der Waals surface area contributed by atoms with Gasteiger partial charge in [-0.25, -0.2) is 0 Å². The van der Waals surface area contributed by atoms with Crippen molar-refractivity contribution in [3.05, 3.63) is 21.9 Å². The van der Waals surface area contributed by atoms with Crippen molar-refractivity contribution >= 4 is 34.5 Å². The average molecular weight is 308 g/mol. The van der Waals surface area contributed by atoms with Crippen molar-refractivity contribution in [3.8, 4) is 0 Å². The molecule has 5 heteroatoms. The van der Waals surface area contributed by atoms with E-state index in [0.717, 1.165) is 45.2 Å². The quantitative estimate of drug-likeness (QED) is 0.855. The minimum atomic E-state index is -0.568. The Balaban J connectivity index is 1.82. The summed E-state index contributed by atoms with van der Waals surface area (Å²) in [7, 11) is 0. The summed E-state index contributed by atoms with van der Waals surface area (Å²) in [6.45, 7) is 1.53. The maximum Gasteiger partial charge on any atom is 0.235 e. The third-order valence-corrected chi connectivity index (χ3v) is 6.10. The molecule has 1 saturated carbocycles. The van der Waals surface area contributed by atoms with Gasteiger partial charge in [0.25, 0.3) is 0 Å². The fraction of sp³-hybridized carbons (Fsp3) is 0.600. The minimum Gasteiger partial charge on any atom is -0.392 e. The molecule has 1 aliphatic heterocycles. The monoisotopic (exact) mass is 308 g/mol. The van der Waals surface area contributed by atoms with Crippen LogP contribution in [0.3, 0.4) is 0 Å². The lowest BCUT2D eigenvalue weighted by Crippen LogP contribution is -2.52. The fourth-order valence-electron chi connectivity index (χ4n) is 3.45. The highest BCUT2D eigenvalue weighted by molar-refractivity contribution is 7.80. The average Bonchev–Trinajstić information content (AvgIpc) is 2.94. The molecule has 3 rings (SSSR count). The van der Waals surface area contributed by atoms with Crippen LogP contribution in [0.1, 0.15) is 42.5 Å². The lowest BCUT2D eigenvalue weighted by Gasteiger charge is -2.40. The zero-order valence-electron chi connectivity index (χ0n) is 11.6. The topological polar surface area (TPSA) is 46.3 Å². The second-order valence-corrected chi connectivity index (χ2v) is 7.29. The van der Waals surface area contributed by atoms with E-state index < -0.39 is 5.41 Å². The van der Waals surface area contributed by atoms with Crippen LogP contribution in [-0.2, 0) is 17.8 Å². The smallest absolute Gasteiger partial charge is 0.235 e. The van der Waals surface area contributed by atoms with E-state index in [4.69, 9.17) is 18.0 Å². The summed E-state index contributed by atoms with van der Waals surface area (Å²) < 4.78 is 0. The fourth-order valence-corrected chi connectivity index (χ4v) is 4.63. The molecule has 2 aliphatic rings.